The number of hydrogen-bond acceptors (Lipinski definition) is 2. The molecular formula is C14H11BrN2O. The van der Waals surface area contributed by atoms with Crippen LogP contribution in [0, 0.1) is 0 Å². The Morgan fingerprint density at radius 2 is 2.00 bits per heavy atom. The Hall–Kier alpha value is -1.81. The van der Waals surface area contributed by atoms with Crippen molar-refractivity contribution in [1.82, 2.24) is 10.2 Å². The molecule has 0 atom stereocenters. The fraction of sp³-hybridized carbons (Fsp3) is 0.0714. The van der Waals surface area contributed by atoms with Gasteiger partial charge in [0, 0.05) is 4.47 Å². The lowest BCUT2D eigenvalue weighted by molar-refractivity contribution is 0.310. The van der Waals surface area contributed by atoms with Crippen LogP contribution >= 0.6 is 15.9 Å². The van der Waals surface area contributed by atoms with Crippen LogP contribution in [0.3, 0.4) is 0 Å². The lowest BCUT2D eigenvalue weighted by Gasteiger charge is -2.07. The zero-order valence-corrected chi connectivity index (χ0v) is 11.1. The summed E-state index contributed by atoms with van der Waals surface area (Å²) in [7, 11) is 0. The van der Waals surface area contributed by atoms with Crippen LogP contribution in [-0.4, -0.2) is 10.2 Å². The molecule has 90 valence electrons. The fourth-order valence-electron chi connectivity index (χ4n) is 1.84. The van der Waals surface area contributed by atoms with Gasteiger partial charge < -0.3 is 4.74 Å². The fourth-order valence-corrected chi connectivity index (χ4v) is 2.28. The number of nitrogens with zero attached hydrogens (tertiary/aromatic N) is 1. The van der Waals surface area contributed by atoms with Gasteiger partial charge in [-0.1, -0.05) is 46.3 Å². The Kier molecular flexibility index (Phi) is 3.02. The van der Waals surface area contributed by atoms with Crippen LogP contribution in [0.4, 0.5) is 0 Å². The summed E-state index contributed by atoms with van der Waals surface area (Å²) < 4.78 is 6.83. The average molecular weight is 303 g/mol. The average Bonchev–Trinajstić information content (AvgIpc) is 2.85. The van der Waals surface area contributed by atoms with Crippen molar-refractivity contribution < 1.29 is 4.74 Å². The molecule has 0 aliphatic carbocycles. The molecule has 1 N–H and O–H groups in total. The van der Waals surface area contributed by atoms with Crippen molar-refractivity contribution in [3.05, 3.63) is 58.7 Å². The molecule has 0 saturated heterocycles. The summed E-state index contributed by atoms with van der Waals surface area (Å²) in [6, 6.07) is 14.0. The number of aromatic nitrogens is 2. The highest BCUT2D eigenvalue weighted by atomic mass is 79.9. The lowest BCUT2D eigenvalue weighted by atomic mass is 10.2. The Bertz CT molecular complexity index is 664. The molecule has 1 heterocycles. The number of benzene rings is 2. The highest BCUT2D eigenvalue weighted by Gasteiger charge is 2.06. The van der Waals surface area contributed by atoms with Gasteiger partial charge in [0.15, 0.2) is 0 Å². The van der Waals surface area contributed by atoms with Gasteiger partial charge in [-0.25, -0.2) is 0 Å². The van der Waals surface area contributed by atoms with Crippen LogP contribution in [-0.2, 0) is 6.61 Å². The maximum Gasteiger partial charge on any atom is 0.131 e. The summed E-state index contributed by atoms with van der Waals surface area (Å²) in [5.74, 6) is 0.831. The minimum absolute atomic E-state index is 0.553. The van der Waals surface area contributed by atoms with Gasteiger partial charge in [0.25, 0.3) is 0 Å². The molecule has 0 bridgehead atoms. The first-order valence-corrected chi connectivity index (χ1v) is 6.41. The van der Waals surface area contributed by atoms with Crippen LogP contribution in [0.15, 0.2) is 53.1 Å². The quantitative estimate of drug-likeness (QED) is 0.796. The molecule has 0 radical (unpaired) electrons. The Morgan fingerprint density at radius 1 is 1.17 bits per heavy atom. The van der Waals surface area contributed by atoms with E-state index in [2.05, 4.69) is 26.1 Å². The summed E-state index contributed by atoms with van der Waals surface area (Å²) in [6.45, 7) is 0.553. The van der Waals surface area contributed by atoms with E-state index in [0.29, 0.717) is 6.61 Å². The number of ether oxygens (including phenoxy) is 1. The van der Waals surface area contributed by atoms with Crippen LogP contribution in [0.2, 0.25) is 0 Å². The molecule has 0 spiro atoms. The van der Waals surface area contributed by atoms with Crippen LogP contribution in [0.1, 0.15) is 5.56 Å². The van der Waals surface area contributed by atoms with Gasteiger partial charge in [0.05, 0.1) is 17.1 Å². The smallest absolute Gasteiger partial charge is 0.131 e. The largest absolute Gasteiger partial charge is 0.488 e. The number of rotatable bonds is 3. The SMILES string of the molecule is Brc1cc(OCc2ccccc2)c2cn[nH]c2c1. The van der Waals surface area contributed by atoms with E-state index < -0.39 is 0 Å². The third-order valence-corrected chi connectivity index (χ3v) is 3.18. The number of halogens is 1. The van der Waals surface area contributed by atoms with Gasteiger partial charge in [-0.3, -0.25) is 5.10 Å². The van der Waals surface area contributed by atoms with Gasteiger partial charge in [-0.05, 0) is 17.7 Å². The molecule has 2 aromatic carbocycles. The molecule has 3 aromatic rings. The van der Waals surface area contributed by atoms with Crippen molar-refractivity contribution in [3.8, 4) is 5.75 Å². The Balaban J connectivity index is 1.88. The molecule has 0 aliphatic rings. The molecule has 0 amide bonds. The topological polar surface area (TPSA) is 37.9 Å². The second kappa shape index (κ2) is 4.82. The number of H-pyrrole nitrogens is 1. The van der Waals surface area contributed by atoms with E-state index in [1.807, 2.05) is 42.5 Å². The van der Waals surface area contributed by atoms with Crippen molar-refractivity contribution in [2.45, 2.75) is 6.61 Å². The van der Waals surface area contributed by atoms with E-state index in [1.165, 1.54) is 0 Å². The third kappa shape index (κ3) is 2.24. The lowest BCUT2D eigenvalue weighted by Crippen LogP contribution is -1.95. The highest BCUT2D eigenvalue weighted by Crippen LogP contribution is 2.29. The molecular weight excluding hydrogens is 292 g/mol. The second-order valence-corrected chi connectivity index (χ2v) is 4.93. The van der Waals surface area contributed by atoms with E-state index in [0.717, 1.165) is 26.7 Å². The minimum Gasteiger partial charge on any atom is -0.488 e. The molecule has 0 unspecified atom stereocenters. The van der Waals surface area contributed by atoms with Crippen molar-refractivity contribution in [1.29, 1.82) is 0 Å². The van der Waals surface area contributed by atoms with Gasteiger partial charge >= 0.3 is 0 Å². The summed E-state index contributed by atoms with van der Waals surface area (Å²) in [4.78, 5) is 0. The first-order chi connectivity index (χ1) is 8.83. The normalized spacial score (nSPS) is 10.7. The zero-order chi connectivity index (χ0) is 12.4. The minimum atomic E-state index is 0.553. The van der Waals surface area contributed by atoms with Crippen molar-refractivity contribution in [2.75, 3.05) is 0 Å². The predicted molar refractivity (Wildman–Crippen MR) is 74.6 cm³/mol. The van der Waals surface area contributed by atoms with Crippen LogP contribution in [0.25, 0.3) is 10.9 Å². The van der Waals surface area contributed by atoms with E-state index >= 15 is 0 Å². The maximum absolute atomic E-state index is 5.85. The summed E-state index contributed by atoms with van der Waals surface area (Å²) in [5, 5.41) is 7.97. The molecule has 3 nitrogen and oxygen atoms in total. The molecule has 1 aromatic heterocycles. The van der Waals surface area contributed by atoms with Crippen molar-refractivity contribution >= 4 is 26.8 Å². The van der Waals surface area contributed by atoms with E-state index in [4.69, 9.17) is 4.74 Å². The van der Waals surface area contributed by atoms with Gasteiger partial charge in [-0.2, -0.15) is 5.10 Å². The zero-order valence-electron chi connectivity index (χ0n) is 9.56. The predicted octanol–water partition coefficient (Wildman–Crippen LogP) is 3.90. The third-order valence-electron chi connectivity index (χ3n) is 2.72. The number of fused-ring (bicyclic) bond motifs is 1. The summed E-state index contributed by atoms with van der Waals surface area (Å²) in [5.41, 5.74) is 2.11. The summed E-state index contributed by atoms with van der Waals surface area (Å²) in [6.07, 6.45) is 1.78. The number of aromatic amines is 1. The number of hydrogen-bond donors (Lipinski definition) is 1. The van der Waals surface area contributed by atoms with E-state index in [1.54, 1.807) is 6.20 Å². The standard InChI is InChI=1S/C14H11BrN2O/c15-11-6-13-12(8-16-17-13)14(7-11)18-9-10-4-2-1-3-5-10/h1-8H,9H2,(H,16,17). The second-order valence-electron chi connectivity index (χ2n) is 4.01. The molecule has 18 heavy (non-hydrogen) atoms. The highest BCUT2D eigenvalue weighted by molar-refractivity contribution is 9.10. The van der Waals surface area contributed by atoms with Crippen LogP contribution in [0.5, 0.6) is 5.75 Å². The Morgan fingerprint density at radius 3 is 2.83 bits per heavy atom. The van der Waals surface area contributed by atoms with Gasteiger partial charge in [0.1, 0.15) is 12.4 Å². The van der Waals surface area contributed by atoms with Crippen molar-refractivity contribution in [2.24, 2.45) is 0 Å². The number of nitrogens with one attached hydrogen (secondary N) is 1. The maximum atomic E-state index is 5.85. The first-order valence-electron chi connectivity index (χ1n) is 5.62. The summed E-state index contributed by atoms with van der Waals surface area (Å²) >= 11 is 3.47. The van der Waals surface area contributed by atoms with Crippen molar-refractivity contribution in [3.63, 3.8) is 0 Å². The molecule has 0 saturated carbocycles. The molecule has 0 fully saturated rings. The molecule has 3 rings (SSSR count). The van der Waals surface area contributed by atoms with Gasteiger partial charge in [-0.15, -0.1) is 0 Å². The monoisotopic (exact) mass is 302 g/mol. The first kappa shape index (κ1) is 11.3. The van der Waals surface area contributed by atoms with Gasteiger partial charge in [0.2, 0.25) is 0 Å². The Labute approximate surface area is 113 Å². The van der Waals surface area contributed by atoms with E-state index in [9.17, 15) is 0 Å². The van der Waals surface area contributed by atoms with Crippen LogP contribution < -0.4 is 4.74 Å². The molecule has 4 heteroatoms. The molecule has 0 aliphatic heterocycles. The van der Waals surface area contributed by atoms with E-state index in [-0.39, 0.29) is 0 Å².